The van der Waals surface area contributed by atoms with Crippen molar-refractivity contribution < 1.29 is 13.9 Å². The molecule has 5 nitrogen and oxygen atoms in total. The summed E-state index contributed by atoms with van der Waals surface area (Å²) >= 11 is 2.93. The van der Waals surface area contributed by atoms with Gasteiger partial charge in [0.15, 0.2) is 5.17 Å². The third kappa shape index (κ3) is 4.43. The van der Waals surface area contributed by atoms with E-state index in [0.29, 0.717) is 28.7 Å². The van der Waals surface area contributed by atoms with Crippen molar-refractivity contribution in [3.63, 3.8) is 0 Å². The molecule has 1 amide bonds. The number of benzene rings is 3. The van der Waals surface area contributed by atoms with Gasteiger partial charge < -0.3 is 9.64 Å². The zero-order valence-electron chi connectivity index (χ0n) is 18.7. The van der Waals surface area contributed by atoms with Crippen LogP contribution in [0.2, 0.25) is 0 Å². The van der Waals surface area contributed by atoms with E-state index in [9.17, 15) is 9.18 Å². The van der Waals surface area contributed by atoms with Crippen LogP contribution >= 0.6 is 23.5 Å². The first-order valence-corrected chi connectivity index (χ1v) is 12.4. The number of thioether (sulfide) groups is 2. The van der Waals surface area contributed by atoms with Crippen LogP contribution in [0.1, 0.15) is 5.56 Å². The number of amides is 1. The molecule has 172 valence electrons. The topological polar surface area (TPSA) is 45.1 Å². The fourth-order valence-corrected chi connectivity index (χ4v) is 6.13. The molecule has 0 saturated carbocycles. The molecule has 0 unspecified atom stereocenters. The normalized spacial score (nSPS) is 18.7. The van der Waals surface area contributed by atoms with Crippen LogP contribution in [0, 0.1) is 5.82 Å². The summed E-state index contributed by atoms with van der Waals surface area (Å²) in [5.74, 6) is 0.377. The average molecular weight is 492 g/mol. The predicted molar refractivity (Wildman–Crippen MR) is 137 cm³/mol. The maximum atomic E-state index is 13.6. The van der Waals surface area contributed by atoms with Crippen molar-refractivity contribution >= 4 is 46.0 Å². The molecular weight excluding hydrogens is 469 g/mol. The lowest BCUT2D eigenvalue weighted by Gasteiger charge is -2.17. The van der Waals surface area contributed by atoms with Crippen molar-refractivity contribution in [1.29, 1.82) is 0 Å². The smallest absolute Gasteiger partial charge is 0.269 e. The lowest BCUT2D eigenvalue weighted by atomic mass is 10.1. The first-order valence-electron chi connectivity index (χ1n) is 10.8. The molecule has 5 rings (SSSR count). The third-order valence-electron chi connectivity index (χ3n) is 5.61. The largest absolute Gasteiger partial charge is 0.497 e. The number of fused-ring (bicyclic) bond motifs is 1. The number of aliphatic imine (C=N–C) groups is 1. The van der Waals surface area contributed by atoms with E-state index in [2.05, 4.69) is 12.1 Å². The van der Waals surface area contributed by atoms with Gasteiger partial charge in [-0.2, -0.15) is 0 Å². The van der Waals surface area contributed by atoms with Crippen LogP contribution in [0.15, 0.2) is 92.6 Å². The second-order valence-corrected chi connectivity index (χ2v) is 9.80. The fourth-order valence-electron chi connectivity index (χ4n) is 3.78. The van der Waals surface area contributed by atoms with Crippen molar-refractivity contribution in [2.24, 2.45) is 4.99 Å². The minimum Gasteiger partial charge on any atom is -0.497 e. The molecule has 2 aliphatic heterocycles. The number of methoxy groups -OCH3 is 1. The molecule has 3 aromatic carbocycles. The van der Waals surface area contributed by atoms with Crippen LogP contribution in [0.3, 0.4) is 0 Å². The Hall–Kier alpha value is -3.23. The first kappa shape index (κ1) is 22.6. The molecule has 34 heavy (non-hydrogen) atoms. The lowest BCUT2D eigenvalue weighted by Crippen LogP contribution is -2.31. The van der Waals surface area contributed by atoms with Crippen LogP contribution in [0.4, 0.5) is 15.8 Å². The highest BCUT2D eigenvalue weighted by atomic mass is 32.2. The number of nitrogens with zero attached hydrogens (tertiary/aromatic N) is 3. The van der Waals surface area contributed by atoms with Crippen molar-refractivity contribution in [2.45, 2.75) is 11.3 Å². The molecule has 2 heterocycles. The minimum atomic E-state index is -0.319. The number of ether oxygens (including phenoxy) is 1. The van der Waals surface area contributed by atoms with Gasteiger partial charge in [-0.15, -0.1) is 0 Å². The van der Waals surface area contributed by atoms with E-state index in [1.54, 1.807) is 35.9 Å². The fraction of sp³-hybridized carbons (Fsp3) is 0.154. The van der Waals surface area contributed by atoms with E-state index >= 15 is 0 Å². The van der Waals surface area contributed by atoms with E-state index in [0.717, 1.165) is 26.9 Å². The standard InChI is InChI=1S/C26H22FN3O2S2/c1-29-21-16-20(32-2)12-13-22(21)33-25(29)23-24(31)30(15-14-17-6-4-3-5-7-17)26(34-23)28-19-10-8-18(27)9-11-19/h3-13,16H,14-15H2,1-2H3. The first-order chi connectivity index (χ1) is 16.5. The van der Waals surface area contributed by atoms with Crippen molar-refractivity contribution in [3.05, 3.63) is 94.1 Å². The summed E-state index contributed by atoms with van der Waals surface area (Å²) in [6.07, 6.45) is 0.707. The number of hydrogen-bond acceptors (Lipinski definition) is 6. The number of halogens is 1. The van der Waals surface area contributed by atoms with Gasteiger partial charge in [0.2, 0.25) is 0 Å². The highest BCUT2D eigenvalue weighted by Gasteiger charge is 2.39. The van der Waals surface area contributed by atoms with E-state index in [1.165, 1.54) is 23.9 Å². The summed E-state index contributed by atoms with van der Waals surface area (Å²) in [6.45, 7) is 0.502. The van der Waals surface area contributed by atoms with Gasteiger partial charge in [-0.3, -0.25) is 9.69 Å². The summed E-state index contributed by atoms with van der Waals surface area (Å²) in [5, 5.41) is 1.46. The molecule has 1 fully saturated rings. The number of amidine groups is 1. The van der Waals surface area contributed by atoms with Crippen LogP contribution in [0.25, 0.3) is 0 Å². The Bertz CT molecular complexity index is 1290. The van der Waals surface area contributed by atoms with E-state index in [-0.39, 0.29) is 11.7 Å². The van der Waals surface area contributed by atoms with Crippen LogP contribution < -0.4 is 9.64 Å². The minimum absolute atomic E-state index is 0.0732. The molecule has 0 bridgehead atoms. The van der Waals surface area contributed by atoms with Crippen molar-refractivity contribution in [3.8, 4) is 5.75 Å². The molecule has 0 aromatic heterocycles. The molecule has 0 spiro atoms. The van der Waals surface area contributed by atoms with Crippen LogP contribution in [-0.4, -0.2) is 36.7 Å². The van der Waals surface area contributed by atoms with Gasteiger partial charge in [0.05, 0.1) is 23.5 Å². The number of rotatable bonds is 5. The van der Waals surface area contributed by atoms with Crippen LogP contribution in [0.5, 0.6) is 5.75 Å². The summed E-state index contributed by atoms with van der Waals surface area (Å²) in [6, 6.07) is 21.9. The maximum Gasteiger partial charge on any atom is 0.269 e. The number of anilines is 1. The van der Waals surface area contributed by atoms with Crippen molar-refractivity contribution in [2.75, 3.05) is 25.6 Å². The molecule has 0 aliphatic carbocycles. The summed E-state index contributed by atoms with van der Waals surface area (Å²) in [5.41, 5.74) is 2.75. The Labute approximate surface area is 206 Å². The second kappa shape index (κ2) is 9.56. The number of hydrogen-bond donors (Lipinski definition) is 0. The average Bonchev–Trinajstić information content (AvgIpc) is 3.35. The zero-order chi connectivity index (χ0) is 23.7. The van der Waals surface area contributed by atoms with E-state index in [1.807, 2.05) is 48.3 Å². The number of carbonyl (C=O) groups excluding carboxylic acids is 1. The summed E-state index contributed by atoms with van der Waals surface area (Å²) in [4.78, 5) is 23.8. The van der Waals surface area contributed by atoms with Gasteiger partial charge in [0, 0.05) is 24.6 Å². The second-order valence-electron chi connectivity index (χ2n) is 7.79. The van der Waals surface area contributed by atoms with Gasteiger partial charge in [-0.25, -0.2) is 9.38 Å². The highest BCUT2D eigenvalue weighted by Crippen LogP contribution is 2.51. The van der Waals surface area contributed by atoms with Gasteiger partial charge in [-0.05, 0) is 60.1 Å². The molecular formula is C26H22FN3O2S2. The lowest BCUT2D eigenvalue weighted by molar-refractivity contribution is -0.122. The Balaban J connectivity index is 1.49. The monoisotopic (exact) mass is 491 g/mol. The Morgan fingerprint density at radius 1 is 1.00 bits per heavy atom. The van der Waals surface area contributed by atoms with Crippen LogP contribution in [-0.2, 0) is 11.2 Å². The third-order valence-corrected chi connectivity index (χ3v) is 8.05. The van der Waals surface area contributed by atoms with Gasteiger partial charge in [-0.1, -0.05) is 42.1 Å². The van der Waals surface area contributed by atoms with Gasteiger partial charge in [0.1, 0.15) is 16.5 Å². The predicted octanol–water partition coefficient (Wildman–Crippen LogP) is 6.05. The summed E-state index contributed by atoms with van der Waals surface area (Å²) in [7, 11) is 3.60. The number of carbonyl (C=O) groups is 1. The maximum absolute atomic E-state index is 13.6. The van der Waals surface area contributed by atoms with E-state index < -0.39 is 0 Å². The quantitative estimate of drug-likeness (QED) is 0.407. The SMILES string of the molecule is COc1ccc2c(c1)N(C)C(=C1SC(=Nc3ccc(F)cc3)N(CCc3ccccc3)C1=O)S2. The molecule has 1 saturated heterocycles. The Morgan fingerprint density at radius 2 is 1.76 bits per heavy atom. The molecule has 0 atom stereocenters. The molecule has 3 aromatic rings. The van der Waals surface area contributed by atoms with E-state index in [4.69, 9.17) is 9.73 Å². The highest BCUT2D eigenvalue weighted by molar-refractivity contribution is 8.19. The molecule has 8 heteroatoms. The van der Waals surface area contributed by atoms with Gasteiger partial charge in [0.25, 0.3) is 5.91 Å². The summed E-state index contributed by atoms with van der Waals surface area (Å²) < 4.78 is 18.8. The van der Waals surface area contributed by atoms with Crippen molar-refractivity contribution in [1.82, 2.24) is 4.90 Å². The molecule has 0 N–H and O–H groups in total. The molecule has 0 radical (unpaired) electrons. The molecule has 2 aliphatic rings. The Morgan fingerprint density at radius 3 is 2.50 bits per heavy atom. The zero-order valence-corrected chi connectivity index (χ0v) is 20.3. The van der Waals surface area contributed by atoms with Gasteiger partial charge >= 0.3 is 0 Å². The Kier molecular flexibility index (Phi) is 6.34.